The van der Waals surface area contributed by atoms with Crippen LogP contribution in [0.1, 0.15) is 43.1 Å². The van der Waals surface area contributed by atoms with Crippen LogP contribution in [0.5, 0.6) is 0 Å². The second-order valence-electron chi connectivity index (χ2n) is 7.41. The maximum Gasteiger partial charge on any atom is 0.268 e. The summed E-state index contributed by atoms with van der Waals surface area (Å²) in [5, 5.41) is 4.25. The number of hydrogen-bond donors (Lipinski definition) is 2. The molecule has 1 aliphatic carbocycles. The van der Waals surface area contributed by atoms with E-state index in [4.69, 9.17) is 11.6 Å². The molecule has 2 fully saturated rings. The zero-order valence-corrected chi connectivity index (χ0v) is 15.0. The standard InChI is InChI=1S/C19H22ClN3O2/c1-12(18(25)23-9-7-19(5-6-19)8-10-23)21-17(24)15-11-13-3-2-4-14(20)16(13)22-15/h2-4,11-12,22H,5-10H2,1H3,(H,21,24)/t12-/m0/s1. The Morgan fingerprint density at radius 3 is 2.60 bits per heavy atom. The van der Waals surface area contributed by atoms with Gasteiger partial charge in [0.15, 0.2) is 0 Å². The van der Waals surface area contributed by atoms with Gasteiger partial charge in [0.05, 0.1) is 10.5 Å². The zero-order chi connectivity index (χ0) is 17.6. The van der Waals surface area contributed by atoms with Crippen LogP contribution >= 0.6 is 11.6 Å². The molecule has 25 heavy (non-hydrogen) atoms. The van der Waals surface area contributed by atoms with E-state index in [0.717, 1.165) is 36.8 Å². The lowest BCUT2D eigenvalue weighted by Crippen LogP contribution is -2.49. The minimum atomic E-state index is -0.539. The molecule has 1 spiro atoms. The van der Waals surface area contributed by atoms with E-state index < -0.39 is 6.04 Å². The molecule has 4 rings (SSSR count). The third kappa shape index (κ3) is 3.13. The van der Waals surface area contributed by atoms with Crippen LogP contribution in [0.25, 0.3) is 10.9 Å². The molecule has 0 radical (unpaired) electrons. The Morgan fingerprint density at radius 1 is 1.24 bits per heavy atom. The highest BCUT2D eigenvalue weighted by molar-refractivity contribution is 6.35. The Balaban J connectivity index is 1.40. The molecule has 2 aliphatic rings. The Bertz CT molecular complexity index is 830. The average molecular weight is 360 g/mol. The second kappa shape index (κ2) is 6.06. The number of nitrogens with zero attached hydrogens (tertiary/aromatic N) is 1. The maximum atomic E-state index is 12.6. The first kappa shape index (κ1) is 16.5. The van der Waals surface area contributed by atoms with Gasteiger partial charge in [-0.25, -0.2) is 0 Å². The Morgan fingerprint density at radius 2 is 1.96 bits per heavy atom. The number of amides is 2. The van der Waals surface area contributed by atoms with Gasteiger partial charge in [0, 0.05) is 18.5 Å². The molecule has 132 valence electrons. The van der Waals surface area contributed by atoms with Gasteiger partial charge in [0.2, 0.25) is 5.91 Å². The summed E-state index contributed by atoms with van der Waals surface area (Å²) in [5.74, 6) is -0.290. The van der Waals surface area contributed by atoms with E-state index in [1.165, 1.54) is 12.8 Å². The first-order valence-corrected chi connectivity index (χ1v) is 9.22. The molecule has 2 heterocycles. The number of halogens is 1. The van der Waals surface area contributed by atoms with E-state index in [1.807, 2.05) is 17.0 Å². The van der Waals surface area contributed by atoms with Gasteiger partial charge >= 0.3 is 0 Å². The Kier molecular flexibility index (Phi) is 3.99. The highest BCUT2D eigenvalue weighted by Gasteiger charge is 2.45. The van der Waals surface area contributed by atoms with Gasteiger partial charge in [-0.05, 0) is 50.2 Å². The van der Waals surface area contributed by atoms with E-state index >= 15 is 0 Å². The summed E-state index contributed by atoms with van der Waals surface area (Å²) >= 11 is 6.14. The number of H-pyrrole nitrogens is 1. The highest BCUT2D eigenvalue weighted by atomic mass is 35.5. The third-order valence-corrected chi connectivity index (χ3v) is 5.98. The van der Waals surface area contributed by atoms with Gasteiger partial charge < -0.3 is 15.2 Å². The number of carbonyl (C=O) groups excluding carboxylic acids is 2. The molecule has 1 aromatic heterocycles. The molecule has 5 nitrogen and oxygen atoms in total. The molecule has 2 amide bonds. The van der Waals surface area contributed by atoms with Crippen molar-refractivity contribution >= 4 is 34.3 Å². The third-order valence-electron chi connectivity index (χ3n) is 5.66. The number of aromatic nitrogens is 1. The van der Waals surface area contributed by atoms with Crippen molar-refractivity contribution in [1.82, 2.24) is 15.2 Å². The smallest absolute Gasteiger partial charge is 0.268 e. The normalized spacial score (nSPS) is 19.8. The quantitative estimate of drug-likeness (QED) is 0.882. The molecule has 2 aromatic rings. The highest BCUT2D eigenvalue weighted by Crippen LogP contribution is 2.53. The summed E-state index contributed by atoms with van der Waals surface area (Å²) in [4.78, 5) is 30.0. The van der Waals surface area contributed by atoms with Crippen molar-refractivity contribution in [1.29, 1.82) is 0 Å². The van der Waals surface area contributed by atoms with Gasteiger partial charge in [-0.2, -0.15) is 0 Å². The topological polar surface area (TPSA) is 65.2 Å². The molecule has 1 aliphatic heterocycles. The van der Waals surface area contributed by atoms with Crippen LogP contribution in [-0.2, 0) is 4.79 Å². The van der Waals surface area contributed by atoms with Gasteiger partial charge in [-0.1, -0.05) is 23.7 Å². The van der Waals surface area contributed by atoms with Crippen LogP contribution in [-0.4, -0.2) is 40.8 Å². The lowest BCUT2D eigenvalue weighted by Gasteiger charge is -2.33. The number of hydrogen-bond acceptors (Lipinski definition) is 2. The molecule has 1 saturated heterocycles. The predicted octanol–water partition coefficient (Wildman–Crippen LogP) is 3.34. The fourth-order valence-electron chi connectivity index (χ4n) is 3.73. The predicted molar refractivity (Wildman–Crippen MR) is 97.7 cm³/mol. The first-order chi connectivity index (χ1) is 12.0. The van der Waals surface area contributed by atoms with E-state index in [2.05, 4.69) is 10.3 Å². The van der Waals surface area contributed by atoms with Crippen LogP contribution in [0, 0.1) is 5.41 Å². The van der Waals surface area contributed by atoms with Crippen LogP contribution in [0.4, 0.5) is 0 Å². The van der Waals surface area contributed by atoms with E-state index in [9.17, 15) is 9.59 Å². The number of para-hydroxylation sites is 1. The molecule has 1 saturated carbocycles. The number of rotatable bonds is 3. The summed E-state index contributed by atoms with van der Waals surface area (Å²) in [7, 11) is 0. The number of likely N-dealkylation sites (tertiary alicyclic amines) is 1. The van der Waals surface area contributed by atoms with Crippen molar-refractivity contribution in [2.24, 2.45) is 5.41 Å². The van der Waals surface area contributed by atoms with Crippen molar-refractivity contribution in [3.8, 4) is 0 Å². The summed E-state index contributed by atoms with van der Waals surface area (Å²) in [6.45, 7) is 3.36. The number of benzene rings is 1. The monoisotopic (exact) mass is 359 g/mol. The summed E-state index contributed by atoms with van der Waals surface area (Å²) < 4.78 is 0. The Labute approximate surface area is 151 Å². The largest absolute Gasteiger partial charge is 0.349 e. The molecule has 0 unspecified atom stereocenters. The minimum absolute atomic E-state index is 0.00186. The van der Waals surface area contributed by atoms with Crippen molar-refractivity contribution in [2.75, 3.05) is 13.1 Å². The van der Waals surface area contributed by atoms with Gasteiger partial charge in [0.1, 0.15) is 11.7 Å². The van der Waals surface area contributed by atoms with E-state index in [0.29, 0.717) is 16.1 Å². The molecule has 6 heteroatoms. The second-order valence-corrected chi connectivity index (χ2v) is 7.81. The number of carbonyl (C=O) groups is 2. The van der Waals surface area contributed by atoms with E-state index in [1.54, 1.807) is 19.1 Å². The molecule has 1 atom stereocenters. The van der Waals surface area contributed by atoms with Crippen LogP contribution < -0.4 is 5.32 Å². The number of fused-ring (bicyclic) bond motifs is 1. The van der Waals surface area contributed by atoms with Crippen LogP contribution in [0.2, 0.25) is 5.02 Å². The summed E-state index contributed by atoms with van der Waals surface area (Å²) in [6, 6.07) is 6.73. The maximum absolute atomic E-state index is 12.6. The minimum Gasteiger partial charge on any atom is -0.349 e. The molecule has 2 N–H and O–H groups in total. The molecule has 1 aromatic carbocycles. The Hall–Kier alpha value is -2.01. The van der Waals surface area contributed by atoms with Gasteiger partial charge in [0.25, 0.3) is 5.91 Å². The molecular weight excluding hydrogens is 338 g/mol. The zero-order valence-electron chi connectivity index (χ0n) is 14.3. The average Bonchev–Trinajstić information content (AvgIpc) is 3.20. The first-order valence-electron chi connectivity index (χ1n) is 8.84. The van der Waals surface area contributed by atoms with Crippen LogP contribution in [0.15, 0.2) is 24.3 Å². The summed E-state index contributed by atoms with van der Waals surface area (Å²) in [5.41, 5.74) is 1.68. The fraction of sp³-hybridized carbons (Fsp3) is 0.474. The van der Waals surface area contributed by atoms with Crippen molar-refractivity contribution in [2.45, 2.75) is 38.6 Å². The van der Waals surface area contributed by atoms with Crippen molar-refractivity contribution in [3.63, 3.8) is 0 Å². The van der Waals surface area contributed by atoms with Crippen molar-refractivity contribution < 1.29 is 9.59 Å². The van der Waals surface area contributed by atoms with Crippen molar-refractivity contribution in [3.05, 3.63) is 35.0 Å². The molecule has 0 bridgehead atoms. The molecular formula is C19H22ClN3O2. The lowest BCUT2D eigenvalue weighted by molar-refractivity contribution is -0.134. The van der Waals surface area contributed by atoms with Gasteiger partial charge in [-0.3, -0.25) is 9.59 Å². The van der Waals surface area contributed by atoms with Gasteiger partial charge in [-0.15, -0.1) is 0 Å². The number of nitrogens with one attached hydrogen (secondary N) is 2. The van der Waals surface area contributed by atoms with E-state index in [-0.39, 0.29) is 11.8 Å². The number of piperidine rings is 1. The SMILES string of the molecule is C[C@H](NC(=O)c1cc2cccc(Cl)c2[nH]1)C(=O)N1CCC2(CC1)CC2. The van der Waals surface area contributed by atoms with Crippen LogP contribution in [0.3, 0.4) is 0 Å². The fourth-order valence-corrected chi connectivity index (χ4v) is 3.96. The number of aromatic amines is 1. The summed E-state index contributed by atoms with van der Waals surface area (Å²) in [6.07, 6.45) is 4.81. The lowest BCUT2D eigenvalue weighted by atomic mass is 9.93.